The van der Waals surface area contributed by atoms with Crippen molar-refractivity contribution in [2.24, 2.45) is 0 Å². The van der Waals surface area contributed by atoms with Crippen molar-refractivity contribution in [2.75, 3.05) is 6.61 Å². The molecule has 0 radical (unpaired) electrons. The Morgan fingerprint density at radius 3 is 2.71 bits per heavy atom. The topological polar surface area (TPSA) is 44.1 Å². The van der Waals surface area contributed by atoms with Crippen LogP contribution >= 0.6 is 11.3 Å². The first-order chi connectivity index (χ1) is 15.2. The summed E-state index contributed by atoms with van der Waals surface area (Å²) in [6.45, 7) is 3.58. The van der Waals surface area contributed by atoms with Crippen LogP contribution in [0.15, 0.2) is 64.8 Å². The summed E-state index contributed by atoms with van der Waals surface area (Å²) in [4.78, 5) is 19.0. The van der Waals surface area contributed by atoms with E-state index >= 15 is 0 Å². The molecule has 4 aromatic rings. The van der Waals surface area contributed by atoms with Gasteiger partial charge in [0.05, 0.1) is 12.0 Å². The average Bonchev–Trinajstić information content (AvgIpc) is 3.41. The van der Waals surface area contributed by atoms with Gasteiger partial charge in [-0.1, -0.05) is 55.8 Å². The third-order valence-electron chi connectivity index (χ3n) is 5.66. The van der Waals surface area contributed by atoms with Gasteiger partial charge in [0.2, 0.25) is 0 Å². The van der Waals surface area contributed by atoms with Crippen LogP contribution in [0.25, 0.3) is 33.0 Å². The zero-order chi connectivity index (χ0) is 21.2. The van der Waals surface area contributed by atoms with Crippen LogP contribution in [-0.2, 0) is 6.54 Å². The summed E-state index contributed by atoms with van der Waals surface area (Å²) >= 11 is 1.54. The predicted molar refractivity (Wildman–Crippen MR) is 129 cm³/mol. The zero-order valence-corrected chi connectivity index (χ0v) is 18.3. The van der Waals surface area contributed by atoms with Gasteiger partial charge in [-0.15, -0.1) is 11.3 Å². The van der Waals surface area contributed by atoms with E-state index in [-0.39, 0.29) is 5.56 Å². The molecule has 0 aliphatic carbocycles. The van der Waals surface area contributed by atoms with E-state index in [4.69, 9.17) is 9.72 Å². The normalized spacial score (nSPS) is 14.3. The minimum Gasteiger partial charge on any atom is -0.494 e. The third-order valence-corrected chi connectivity index (χ3v) is 6.53. The molecule has 5 rings (SSSR count). The molecule has 156 valence electrons. The highest BCUT2D eigenvalue weighted by atomic mass is 32.1. The van der Waals surface area contributed by atoms with Crippen LogP contribution < -0.4 is 10.3 Å². The first kappa shape index (κ1) is 19.8. The van der Waals surface area contributed by atoms with Gasteiger partial charge in [0.15, 0.2) is 0 Å². The Hall–Kier alpha value is -3.18. The Morgan fingerprint density at radius 2 is 1.94 bits per heavy atom. The molecule has 3 heterocycles. The lowest BCUT2D eigenvalue weighted by atomic mass is 10.1. The number of nitrogens with zero attached hydrogens (tertiary/aromatic N) is 2. The second kappa shape index (κ2) is 8.52. The van der Waals surface area contributed by atoms with Gasteiger partial charge in [0.1, 0.15) is 16.4 Å². The molecule has 4 nitrogen and oxygen atoms in total. The number of allylic oxidation sites excluding steroid dienone is 1. The van der Waals surface area contributed by atoms with Crippen LogP contribution in [0.3, 0.4) is 0 Å². The Balaban J connectivity index is 1.48. The number of benzene rings is 2. The second-order valence-corrected chi connectivity index (χ2v) is 8.64. The van der Waals surface area contributed by atoms with Crippen molar-refractivity contribution in [3.63, 3.8) is 0 Å². The fourth-order valence-electron chi connectivity index (χ4n) is 3.98. The van der Waals surface area contributed by atoms with E-state index in [0.29, 0.717) is 6.54 Å². The highest BCUT2D eigenvalue weighted by Crippen LogP contribution is 2.34. The van der Waals surface area contributed by atoms with Gasteiger partial charge >= 0.3 is 0 Å². The van der Waals surface area contributed by atoms with E-state index in [1.807, 2.05) is 52.4 Å². The number of ether oxygens (including phenoxy) is 1. The van der Waals surface area contributed by atoms with E-state index in [1.54, 1.807) is 11.3 Å². The third kappa shape index (κ3) is 3.81. The average molecular weight is 429 g/mol. The molecule has 5 heteroatoms. The summed E-state index contributed by atoms with van der Waals surface area (Å²) in [6.07, 6.45) is 5.14. The zero-order valence-electron chi connectivity index (χ0n) is 17.5. The Kier molecular flexibility index (Phi) is 5.43. The van der Waals surface area contributed by atoms with Gasteiger partial charge in [-0.2, -0.15) is 0 Å². The Bertz CT molecular complexity index is 1300. The van der Waals surface area contributed by atoms with Gasteiger partial charge in [0, 0.05) is 17.5 Å². The van der Waals surface area contributed by atoms with E-state index < -0.39 is 0 Å². The molecule has 0 atom stereocenters. The maximum absolute atomic E-state index is 13.3. The number of aromatic nitrogens is 2. The molecule has 0 saturated carbocycles. The predicted octanol–water partition coefficient (Wildman–Crippen LogP) is 6.25. The van der Waals surface area contributed by atoms with Crippen molar-refractivity contribution < 1.29 is 4.74 Å². The van der Waals surface area contributed by atoms with Gasteiger partial charge in [-0.25, -0.2) is 4.98 Å². The van der Waals surface area contributed by atoms with Crippen molar-refractivity contribution in [3.05, 3.63) is 81.7 Å². The van der Waals surface area contributed by atoms with Crippen LogP contribution in [0.4, 0.5) is 0 Å². The van der Waals surface area contributed by atoms with Gasteiger partial charge < -0.3 is 4.74 Å². The summed E-state index contributed by atoms with van der Waals surface area (Å²) in [5.41, 5.74) is 4.29. The smallest absolute Gasteiger partial charge is 0.263 e. The van der Waals surface area contributed by atoms with Crippen LogP contribution in [0.5, 0.6) is 5.75 Å². The largest absolute Gasteiger partial charge is 0.494 e. The molecule has 1 aliphatic heterocycles. The molecule has 1 aliphatic rings. The van der Waals surface area contributed by atoms with Gasteiger partial charge in [-0.3, -0.25) is 9.36 Å². The maximum Gasteiger partial charge on any atom is 0.263 e. The van der Waals surface area contributed by atoms with Gasteiger partial charge in [-0.05, 0) is 47.8 Å². The van der Waals surface area contributed by atoms with Crippen molar-refractivity contribution in [1.82, 2.24) is 9.55 Å². The van der Waals surface area contributed by atoms with E-state index in [0.717, 1.165) is 69.9 Å². The summed E-state index contributed by atoms with van der Waals surface area (Å²) in [5, 5.41) is 2.78. The lowest BCUT2D eigenvalue weighted by Gasteiger charge is -2.06. The fraction of sp³-hybridized carbons (Fsp3) is 0.231. The number of rotatable bonds is 6. The molecule has 0 fully saturated rings. The number of unbranched alkanes of at least 4 members (excludes halogenated alkanes) is 1. The maximum atomic E-state index is 13.3. The SMILES string of the molecule is CCCCOc1ccc(C=C2CCn3c2nc2scc(-c4ccccc4)c2c3=O)cc1. The summed E-state index contributed by atoms with van der Waals surface area (Å²) in [7, 11) is 0. The second-order valence-electron chi connectivity index (χ2n) is 7.78. The fourth-order valence-corrected chi connectivity index (χ4v) is 4.92. The van der Waals surface area contributed by atoms with E-state index in [9.17, 15) is 4.79 Å². The first-order valence-electron chi connectivity index (χ1n) is 10.8. The Labute approximate surface area is 185 Å². The number of hydrogen-bond donors (Lipinski definition) is 0. The number of fused-ring (bicyclic) bond motifs is 2. The molecule has 2 aromatic heterocycles. The summed E-state index contributed by atoms with van der Waals surface area (Å²) < 4.78 is 7.58. The standard InChI is InChI=1S/C26H24N2O2S/c1-2-3-15-30-21-11-9-18(10-12-21)16-20-13-14-28-24(20)27-25-23(26(28)29)22(17-31-25)19-7-5-4-6-8-19/h4-12,16-17H,2-3,13-15H2,1H3. The molecule has 0 N–H and O–H groups in total. The van der Waals surface area contributed by atoms with Gasteiger partial charge in [0.25, 0.3) is 5.56 Å². The van der Waals surface area contributed by atoms with Crippen molar-refractivity contribution in [3.8, 4) is 16.9 Å². The molecule has 0 unspecified atom stereocenters. The molecule has 0 amide bonds. The lowest BCUT2D eigenvalue weighted by molar-refractivity contribution is 0.309. The van der Waals surface area contributed by atoms with Crippen LogP contribution in [0.2, 0.25) is 0 Å². The first-order valence-corrected chi connectivity index (χ1v) is 11.6. The minimum absolute atomic E-state index is 0.0585. The number of hydrogen-bond acceptors (Lipinski definition) is 4. The molecule has 31 heavy (non-hydrogen) atoms. The van der Waals surface area contributed by atoms with Crippen molar-refractivity contribution >= 4 is 33.2 Å². The van der Waals surface area contributed by atoms with Crippen LogP contribution in [-0.4, -0.2) is 16.2 Å². The molecule has 0 saturated heterocycles. The number of thiophene rings is 1. The molecular weight excluding hydrogens is 404 g/mol. The van der Waals surface area contributed by atoms with E-state index in [1.165, 1.54) is 0 Å². The molecule has 2 aromatic carbocycles. The molecule has 0 spiro atoms. The molecule has 0 bridgehead atoms. The lowest BCUT2D eigenvalue weighted by Crippen LogP contribution is -2.20. The monoisotopic (exact) mass is 428 g/mol. The highest BCUT2D eigenvalue weighted by Gasteiger charge is 2.23. The molecular formula is C26H24N2O2S. The minimum atomic E-state index is 0.0585. The summed E-state index contributed by atoms with van der Waals surface area (Å²) in [5.74, 6) is 1.69. The summed E-state index contributed by atoms with van der Waals surface area (Å²) in [6, 6.07) is 18.2. The van der Waals surface area contributed by atoms with E-state index in [2.05, 4.69) is 25.1 Å². The highest BCUT2D eigenvalue weighted by molar-refractivity contribution is 7.17. The van der Waals surface area contributed by atoms with Crippen LogP contribution in [0, 0.1) is 0 Å². The Morgan fingerprint density at radius 1 is 1.13 bits per heavy atom. The quantitative estimate of drug-likeness (QED) is 0.341. The van der Waals surface area contributed by atoms with Crippen molar-refractivity contribution in [1.29, 1.82) is 0 Å². The van der Waals surface area contributed by atoms with Crippen LogP contribution in [0.1, 0.15) is 37.6 Å². The van der Waals surface area contributed by atoms with Crippen molar-refractivity contribution in [2.45, 2.75) is 32.7 Å².